The van der Waals surface area contributed by atoms with Crippen LogP contribution >= 0.6 is 0 Å². The van der Waals surface area contributed by atoms with Gasteiger partial charge in [-0.1, -0.05) is 31.9 Å². The largest absolute Gasteiger partial charge is 0.444 e. The van der Waals surface area contributed by atoms with Crippen molar-refractivity contribution in [3.63, 3.8) is 0 Å². The van der Waals surface area contributed by atoms with Crippen molar-refractivity contribution in [2.75, 3.05) is 6.54 Å². The molecule has 0 radical (unpaired) electrons. The fourth-order valence-electron chi connectivity index (χ4n) is 3.43. The predicted molar refractivity (Wildman–Crippen MR) is 127 cm³/mol. The molecule has 1 aromatic carbocycles. The summed E-state index contributed by atoms with van der Waals surface area (Å²) in [5, 5.41) is 6.77. The Labute approximate surface area is 189 Å². The Hall–Kier alpha value is -3.35. The molecule has 1 unspecified atom stereocenters. The van der Waals surface area contributed by atoms with E-state index >= 15 is 0 Å². The third kappa shape index (κ3) is 6.57. The highest BCUT2D eigenvalue weighted by atomic mass is 16.6. The molecule has 0 aliphatic carbocycles. The van der Waals surface area contributed by atoms with E-state index in [1.807, 2.05) is 57.2 Å². The summed E-state index contributed by atoms with van der Waals surface area (Å²) in [6.07, 6.45) is 5.75. The summed E-state index contributed by atoms with van der Waals surface area (Å²) >= 11 is 0. The maximum absolute atomic E-state index is 12.8. The summed E-state index contributed by atoms with van der Waals surface area (Å²) in [5.41, 5.74) is 2.92. The quantitative estimate of drug-likeness (QED) is 0.461. The molecule has 2 aromatic heterocycles. The van der Waals surface area contributed by atoms with Crippen molar-refractivity contribution in [2.45, 2.75) is 58.6 Å². The third-order valence-corrected chi connectivity index (χ3v) is 5.02. The Balaban J connectivity index is 1.65. The molecule has 0 saturated carbocycles. The molecular weight excluding hydrogens is 404 g/mol. The Morgan fingerprint density at radius 3 is 2.53 bits per heavy atom. The number of alkyl carbamates (subject to hydrolysis) is 1. The number of nitrogens with zero attached hydrogens (tertiary/aromatic N) is 1. The number of pyridine rings is 1. The van der Waals surface area contributed by atoms with Crippen LogP contribution in [0.15, 0.2) is 48.8 Å². The van der Waals surface area contributed by atoms with Crippen molar-refractivity contribution in [2.24, 2.45) is 0 Å². The molecule has 170 valence electrons. The molecule has 0 aliphatic rings. The minimum Gasteiger partial charge on any atom is -0.444 e. The lowest BCUT2D eigenvalue weighted by Gasteiger charge is -2.23. The molecule has 3 rings (SSSR count). The van der Waals surface area contributed by atoms with E-state index < -0.39 is 11.7 Å². The van der Waals surface area contributed by atoms with Gasteiger partial charge in [0.15, 0.2) is 0 Å². The number of hydrogen-bond acceptors (Lipinski definition) is 4. The van der Waals surface area contributed by atoms with Gasteiger partial charge in [0.1, 0.15) is 11.3 Å². The summed E-state index contributed by atoms with van der Waals surface area (Å²) in [6.45, 7) is 7.89. The Morgan fingerprint density at radius 2 is 1.84 bits per heavy atom. The zero-order valence-electron chi connectivity index (χ0n) is 19.2. The van der Waals surface area contributed by atoms with Crippen LogP contribution in [0, 0.1) is 0 Å². The molecule has 1 atom stereocenters. The molecule has 0 spiro atoms. The number of rotatable bonds is 8. The van der Waals surface area contributed by atoms with E-state index in [0.29, 0.717) is 12.2 Å². The van der Waals surface area contributed by atoms with Crippen LogP contribution in [0.2, 0.25) is 0 Å². The second-order valence-corrected chi connectivity index (χ2v) is 8.92. The molecule has 0 bridgehead atoms. The number of H-pyrrole nitrogens is 1. The summed E-state index contributed by atoms with van der Waals surface area (Å²) in [7, 11) is 0. The van der Waals surface area contributed by atoms with Crippen LogP contribution in [-0.2, 0) is 4.74 Å². The molecule has 3 aromatic rings. The van der Waals surface area contributed by atoms with Gasteiger partial charge >= 0.3 is 6.09 Å². The number of ether oxygens (including phenoxy) is 1. The van der Waals surface area contributed by atoms with Crippen LogP contribution in [0.5, 0.6) is 0 Å². The number of hydrogen-bond donors (Lipinski definition) is 3. The van der Waals surface area contributed by atoms with Gasteiger partial charge in [0, 0.05) is 35.9 Å². The topological polar surface area (TPSA) is 96.1 Å². The van der Waals surface area contributed by atoms with Crippen molar-refractivity contribution >= 4 is 22.9 Å². The normalized spacial score (nSPS) is 12.4. The van der Waals surface area contributed by atoms with E-state index in [4.69, 9.17) is 4.74 Å². The molecule has 0 aliphatic heterocycles. The van der Waals surface area contributed by atoms with E-state index in [1.54, 1.807) is 12.4 Å². The van der Waals surface area contributed by atoms with Crippen molar-refractivity contribution in [3.05, 3.63) is 54.5 Å². The van der Waals surface area contributed by atoms with Crippen molar-refractivity contribution in [1.82, 2.24) is 20.6 Å². The number of carbonyl (C=O) groups is 2. The number of carbonyl (C=O) groups excluding carboxylic acids is 2. The van der Waals surface area contributed by atoms with Crippen molar-refractivity contribution in [3.8, 4) is 11.1 Å². The second kappa shape index (κ2) is 10.3. The molecule has 32 heavy (non-hydrogen) atoms. The second-order valence-electron chi connectivity index (χ2n) is 8.92. The fourth-order valence-corrected chi connectivity index (χ4v) is 3.43. The molecule has 7 nitrogen and oxygen atoms in total. The first kappa shape index (κ1) is 23.3. The first-order valence-corrected chi connectivity index (χ1v) is 11.1. The lowest BCUT2D eigenvalue weighted by atomic mass is 10.1. The van der Waals surface area contributed by atoms with Gasteiger partial charge < -0.3 is 20.4 Å². The smallest absolute Gasteiger partial charge is 0.407 e. The number of fused-ring (bicyclic) bond motifs is 1. The average Bonchev–Trinajstić information content (AvgIpc) is 3.18. The number of unbranched alkanes of at least 4 members (excludes halogenated alkanes) is 1. The standard InChI is InChI=1S/C25H32N4O3/c1-5-6-7-20(28-24(31)32-25(2,3)4)16-27-23(30)22-15-19-9-8-18(14-21(19)29-22)17-10-12-26-13-11-17/h8-15,20,29H,5-7,16H2,1-4H3,(H,27,30)(H,28,31). The Bertz CT molecular complexity index is 1050. The highest BCUT2D eigenvalue weighted by Crippen LogP contribution is 2.24. The van der Waals surface area contributed by atoms with Crippen LogP contribution < -0.4 is 10.6 Å². The van der Waals surface area contributed by atoms with E-state index in [2.05, 4.69) is 27.5 Å². The highest BCUT2D eigenvalue weighted by molar-refractivity contribution is 5.98. The van der Waals surface area contributed by atoms with Gasteiger partial charge in [0.05, 0.1) is 0 Å². The lowest BCUT2D eigenvalue weighted by Crippen LogP contribution is -2.45. The van der Waals surface area contributed by atoms with Crippen LogP contribution in [-0.4, -0.2) is 40.2 Å². The van der Waals surface area contributed by atoms with Gasteiger partial charge in [0.25, 0.3) is 5.91 Å². The van der Waals surface area contributed by atoms with Gasteiger partial charge in [0.2, 0.25) is 0 Å². The van der Waals surface area contributed by atoms with Crippen LogP contribution in [0.25, 0.3) is 22.0 Å². The third-order valence-electron chi connectivity index (χ3n) is 5.02. The zero-order valence-corrected chi connectivity index (χ0v) is 19.2. The van der Waals surface area contributed by atoms with Gasteiger partial charge in [-0.2, -0.15) is 0 Å². The van der Waals surface area contributed by atoms with E-state index in [1.165, 1.54) is 0 Å². The van der Waals surface area contributed by atoms with Gasteiger partial charge in [-0.3, -0.25) is 9.78 Å². The minimum atomic E-state index is -0.567. The Kier molecular flexibility index (Phi) is 7.51. The molecule has 7 heteroatoms. The van der Waals surface area contributed by atoms with Gasteiger partial charge in [-0.25, -0.2) is 4.79 Å². The zero-order chi connectivity index (χ0) is 23.1. The molecule has 0 fully saturated rings. The number of aromatic amines is 1. The summed E-state index contributed by atoms with van der Waals surface area (Å²) in [4.78, 5) is 32.2. The summed E-state index contributed by atoms with van der Waals surface area (Å²) in [5.74, 6) is -0.209. The first-order valence-electron chi connectivity index (χ1n) is 11.1. The first-order chi connectivity index (χ1) is 15.2. The molecule has 0 saturated heterocycles. The maximum atomic E-state index is 12.8. The lowest BCUT2D eigenvalue weighted by molar-refractivity contribution is 0.0498. The maximum Gasteiger partial charge on any atom is 0.407 e. The summed E-state index contributed by atoms with van der Waals surface area (Å²) in [6, 6.07) is 11.6. The van der Waals surface area contributed by atoms with Crippen molar-refractivity contribution in [1.29, 1.82) is 0 Å². The number of amides is 2. The van der Waals surface area contributed by atoms with Gasteiger partial charge in [-0.05, 0) is 62.6 Å². The number of nitrogens with one attached hydrogen (secondary N) is 3. The van der Waals surface area contributed by atoms with Crippen molar-refractivity contribution < 1.29 is 14.3 Å². The summed E-state index contributed by atoms with van der Waals surface area (Å²) < 4.78 is 5.35. The molecule has 2 amide bonds. The highest BCUT2D eigenvalue weighted by Gasteiger charge is 2.20. The molecule has 2 heterocycles. The van der Waals surface area contributed by atoms with E-state index in [-0.39, 0.29) is 11.9 Å². The minimum absolute atomic E-state index is 0.198. The predicted octanol–water partition coefficient (Wildman–Crippen LogP) is 5.04. The van der Waals surface area contributed by atoms with Crippen LogP contribution in [0.1, 0.15) is 57.4 Å². The van der Waals surface area contributed by atoms with Gasteiger partial charge in [-0.15, -0.1) is 0 Å². The monoisotopic (exact) mass is 436 g/mol. The average molecular weight is 437 g/mol. The number of aromatic nitrogens is 2. The van der Waals surface area contributed by atoms with E-state index in [0.717, 1.165) is 41.3 Å². The number of benzene rings is 1. The Morgan fingerprint density at radius 1 is 1.09 bits per heavy atom. The molecular formula is C25H32N4O3. The van der Waals surface area contributed by atoms with Crippen LogP contribution in [0.3, 0.4) is 0 Å². The molecule has 3 N–H and O–H groups in total. The van der Waals surface area contributed by atoms with E-state index in [9.17, 15) is 9.59 Å². The fraction of sp³-hybridized carbons (Fsp3) is 0.400. The van der Waals surface area contributed by atoms with Crippen LogP contribution in [0.4, 0.5) is 4.79 Å². The SMILES string of the molecule is CCCCC(CNC(=O)c1cc2ccc(-c3ccncc3)cc2[nH]1)NC(=O)OC(C)(C)C.